The van der Waals surface area contributed by atoms with Crippen molar-refractivity contribution in [3.8, 4) is 0 Å². The molecule has 64 valence electrons. The van der Waals surface area contributed by atoms with Crippen LogP contribution in [0.4, 0.5) is 0 Å². The Morgan fingerprint density at radius 1 is 1.67 bits per heavy atom. The second-order valence-electron chi connectivity index (χ2n) is 3.04. The molecule has 0 spiro atoms. The lowest BCUT2D eigenvalue weighted by Gasteiger charge is -2.17. The van der Waals surface area contributed by atoms with E-state index < -0.39 is 0 Å². The number of hydrogen-bond acceptors (Lipinski definition) is 2. The lowest BCUT2D eigenvalue weighted by Crippen LogP contribution is -2.33. The fourth-order valence-corrected chi connectivity index (χ4v) is 1.23. The lowest BCUT2D eigenvalue weighted by atomic mass is 10.1. The van der Waals surface area contributed by atoms with Gasteiger partial charge in [0.2, 0.25) is 0 Å². The van der Waals surface area contributed by atoms with Crippen LogP contribution in [0.25, 0.3) is 6.08 Å². The molecule has 0 atom stereocenters. The number of aryl methyl sites for hydroxylation is 1. The van der Waals surface area contributed by atoms with E-state index >= 15 is 0 Å². The van der Waals surface area contributed by atoms with Crippen molar-refractivity contribution in [2.45, 2.75) is 13.5 Å². The molecule has 12 heavy (non-hydrogen) atoms. The minimum Gasteiger partial charge on any atom is -0.309 e. The number of nitrogens with one attached hydrogen (secondary N) is 1. The van der Waals surface area contributed by atoms with Crippen LogP contribution >= 0.6 is 0 Å². The van der Waals surface area contributed by atoms with Gasteiger partial charge in [0.15, 0.2) is 0 Å². The van der Waals surface area contributed by atoms with Gasteiger partial charge in [-0.2, -0.15) is 5.10 Å². The third kappa shape index (κ3) is 1.41. The van der Waals surface area contributed by atoms with Gasteiger partial charge in [0, 0.05) is 31.4 Å². The molecule has 0 aromatic carbocycles. The van der Waals surface area contributed by atoms with Gasteiger partial charge in [-0.3, -0.25) is 4.68 Å². The highest BCUT2D eigenvalue weighted by molar-refractivity contribution is 5.53. The van der Waals surface area contributed by atoms with Crippen molar-refractivity contribution in [3.05, 3.63) is 23.5 Å². The molecular formula is C9H13N3. The van der Waals surface area contributed by atoms with Crippen LogP contribution in [0.5, 0.6) is 0 Å². The highest BCUT2D eigenvalue weighted by Crippen LogP contribution is 2.08. The van der Waals surface area contributed by atoms with E-state index in [0.29, 0.717) is 0 Å². The van der Waals surface area contributed by atoms with Gasteiger partial charge in [-0.05, 0) is 12.5 Å². The summed E-state index contributed by atoms with van der Waals surface area (Å²) in [4.78, 5) is 0. The van der Waals surface area contributed by atoms with Crippen LogP contribution in [0.15, 0.2) is 18.0 Å². The Balaban J connectivity index is 2.12. The molecule has 0 aliphatic carbocycles. The topological polar surface area (TPSA) is 29.9 Å². The zero-order valence-electron chi connectivity index (χ0n) is 7.25. The van der Waals surface area contributed by atoms with Gasteiger partial charge in [-0.1, -0.05) is 6.08 Å². The highest BCUT2D eigenvalue weighted by atomic mass is 15.3. The van der Waals surface area contributed by atoms with Crippen LogP contribution in [-0.4, -0.2) is 22.9 Å². The minimum absolute atomic E-state index is 0.946. The summed E-state index contributed by atoms with van der Waals surface area (Å²) in [7, 11) is 0. The van der Waals surface area contributed by atoms with E-state index in [2.05, 4.69) is 29.6 Å². The summed E-state index contributed by atoms with van der Waals surface area (Å²) >= 11 is 0. The zero-order valence-corrected chi connectivity index (χ0v) is 7.25. The molecule has 2 rings (SSSR count). The predicted octanol–water partition coefficient (Wildman–Crippen LogP) is 0.890. The molecule has 1 fully saturated rings. The smallest absolute Gasteiger partial charge is 0.0562 e. The van der Waals surface area contributed by atoms with Crippen molar-refractivity contribution < 1.29 is 0 Å². The first-order chi connectivity index (χ1) is 5.88. The maximum absolute atomic E-state index is 4.20. The van der Waals surface area contributed by atoms with Gasteiger partial charge in [0.1, 0.15) is 0 Å². The van der Waals surface area contributed by atoms with Gasteiger partial charge < -0.3 is 5.32 Å². The van der Waals surface area contributed by atoms with E-state index in [-0.39, 0.29) is 0 Å². The van der Waals surface area contributed by atoms with Gasteiger partial charge in [-0.15, -0.1) is 0 Å². The average Bonchev–Trinajstić information content (AvgIpc) is 2.44. The molecule has 1 aromatic heterocycles. The monoisotopic (exact) mass is 163 g/mol. The molecule has 1 aliphatic heterocycles. The first-order valence-corrected chi connectivity index (χ1v) is 4.31. The fourth-order valence-electron chi connectivity index (χ4n) is 1.23. The molecule has 1 aliphatic rings. The maximum Gasteiger partial charge on any atom is 0.0562 e. The first-order valence-electron chi connectivity index (χ1n) is 4.31. The van der Waals surface area contributed by atoms with Crippen molar-refractivity contribution in [3.63, 3.8) is 0 Å². The van der Waals surface area contributed by atoms with E-state index in [0.717, 1.165) is 19.6 Å². The van der Waals surface area contributed by atoms with Gasteiger partial charge in [-0.25, -0.2) is 0 Å². The maximum atomic E-state index is 4.20. The van der Waals surface area contributed by atoms with Crippen molar-refractivity contribution in [2.75, 3.05) is 13.1 Å². The molecule has 2 heterocycles. The molecule has 1 aromatic rings. The van der Waals surface area contributed by atoms with Crippen LogP contribution in [-0.2, 0) is 6.54 Å². The zero-order chi connectivity index (χ0) is 8.39. The van der Waals surface area contributed by atoms with E-state index in [1.807, 2.05) is 10.9 Å². The summed E-state index contributed by atoms with van der Waals surface area (Å²) in [5.74, 6) is 0. The summed E-state index contributed by atoms with van der Waals surface area (Å²) in [5.41, 5.74) is 2.68. The largest absolute Gasteiger partial charge is 0.309 e. The summed E-state index contributed by atoms with van der Waals surface area (Å²) < 4.78 is 1.94. The van der Waals surface area contributed by atoms with Crippen molar-refractivity contribution in [1.29, 1.82) is 0 Å². The van der Waals surface area contributed by atoms with E-state index in [1.54, 1.807) is 0 Å². The molecule has 0 unspecified atom stereocenters. The Kier molecular flexibility index (Phi) is 1.96. The Bertz CT molecular complexity index is 292. The van der Waals surface area contributed by atoms with E-state index in [9.17, 15) is 0 Å². The molecule has 1 N–H and O–H groups in total. The van der Waals surface area contributed by atoms with Gasteiger partial charge >= 0.3 is 0 Å². The average molecular weight is 163 g/mol. The highest BCUT2D eigenvalue weighted by Gasteiger charge is 2.06. The van der Waals surface area contributed by atoms with Crippen LogP contribution in [0.1, 0.15) is 12.5 Å². The van der Waals surface area contributed by atoms with Crippen molar-refractivity contribution in [2.24, 2.45) is 0 Å². The van der Waals surface area contributed by atoms with Crippen LogP contribution in [0.3, 0.4) is 0 Å². The van der Waals surface area contributed by atoms with Crippen LogP contribution < -0.4 is 5.32 Å². The second kappa shape index (κ2) is 3.11. The second-order valence-corrected chi connectivity index (χ2v) is 3.04. The standard InChI is InChI=1S/C9H13N3/c1-2-12-7-9(6-11-12)3-8-4-10-5-8/h3,6-7,10H,2,4-5H2,1H3. The number of hydrogen-bond donors (Lipinski definition) is 1. The summed E-state index contributed by atoms with van der Waals surface area (Å²) in [6.07, 6.45) is 6.19. The van der Waals surface area contributed by atoms with Gasteiger partial charge in [0.05, 0.1) is 6.20 Å². The third-order valence-corrected chi connectivity index (χ3v) is 2.05. The fraction of sp³-hybridized carbons (Fsp3) is 0.444. The lowest BCUT2D eigenvalue weighted by molar-refractivity contribution is 0.659. The van der Waals surface area contributed by atoms with Gasteiger partial charge in [0.25, 0.3) is 0 Å². The molecule has 3 heteroatoms. The van der Waals surface area contributed by atoms with Crippen molar-refractivity contribution >= 4 is 6.08 Å². The molecule has 3 nitrogen and oxygen atoms in total. The van der Waals surface area contributed by atoms with Crippen LogP contribution in [0.2, 0.25) is 0 Å². The SMILES string of the molecule is CCn1cc(C=C2CNC2)cn1. The first kappa shape index (κ1) is 7.55. The third-order valence-electron chi connectivity index (χ3n) is 2.05. The summed E-state index contributed by atoms with van der Waals surface area (Å²) in [6.45, 7) is 5.12. The van der Waals surface area contributed by atoms with Crippen LogP contribution in [0, 0.1) is 0 Å². The number of aromatic nitrogens is 2. The van der Waals surface area contributed by atoms with Crippen molar-refractivity contribution in [1.82, 2.24) is 15.1 Å². The normalized spacial score (nSPS) is 15.9. The minimum atomic E-state index is 0.946. The predicted molar refractivity (Wildman–Crippen MR) is 48.7 cm³/mol. The number of rotatable bonds is 2. The Hall–Kier alpha value is -1.09. The molecule has 1 saturated heterocycles. The molecule has 0 radical (unpaired) electrons. The number of nitrogens with zero attached hydrogens (tertiary/aromatic N) is 2. The molecule has 0 amide bonds. The Labute approximate surface area is 72.1 Å². The van der Waals surface area contributed by atoms with E-state index in [1.165, 1.54) is 11.1 Å². The quantitative estimate of drug-likeness (QED) is 0.701. The molecule has 0 saturated carbocycles. The van der Waals surface area contributed by atoms with E-state index in [4.69, 9.17) is 0 Å². The summed E-state index contributed by atoms with van der Waals surface area (Å²) in [6, 6.07) is 0. The summed E-state index contributed by atoms with van der Waals surface area (Å²) in [5, 5.41) is 7.40. The molecule has 0 bridgehead atoms. The Morgan fingerprint density at radius 3 is 3.00 bits per heavy atom. The Morgan fingerprint density at radius 2 is 2.50 bits per heavy atom. The molecular weight excluding hydrogens is 150 g/mol.